The highest BCUT2D eigenvalue weighted by Gasteiger charge is 2.11. The molecule has 0 aromatic heterocycles. The third kappa shape index (κ3) is 5.17. The largest absolute Gasteiger partial charge is 0.484 e. The van der Waals surface area contributed by atoms with Crippen LogP contribution in [0.2, 0.25) is 0 Å². The average Bonchev–Trinajstić information content (AvgIpc) is 2.36. The van der Waals surface area contributed by atoms with Gasteiger partial charge in [0.2, 0.25) is 0 Å². The first-order valence-electron chi connectivity index (χ1n) is 6.83. The second-order valence-electron chi connectivity index (χ2n) is 4.91. The average molecular weight is 283 g/mol. The first-order valence-corrected chi connectivity index (χ1v) is 6.83. The SMILES string of the molecule is CCCC(C)NC(=O)COc1ccc(C(C)O)c(F)c1. The second kappa shape index (κ2) is 7.85. The van der Waals surface area contributed by atoms with Crippen molar-refractivity contribution in [3.05, 3.63) is 29.6 Å². The Morgan fingerprint density at radius 2 is 2.15 bits per heavy atom. The lowest BCUT2D eigenvalue weighted by Gasteiger charge is -2.13. The van der Waals surface area contributed by atoms with E-state index in [9.17, 15) is 14.3 Å². The Balaban J connectivity index is 2.49. The quantitative estimate of drug-likeness (QED) is 0.808. The molecular formula is C15H22FNO3. The molecule has 1 aromatic rings. The van der Waals surface area contributed by atoms with E-state index in [0.29, 0.717) is 0 Å². The number of amides is 1. The van der Waals surface area contributed by atoms with Crippen molar-refractivity contribution in [2.24, 2.45) is 0 Å². The fourth-order valence-electron chi connectivity index (χ4n) is 1.91. The highest BCUT2D eigenvalue weighted by atomic mass is 19.1. The summed E-state index contributed by atoms with van der Waals surface area (Å²) in [6, 6.07) is 4.26. The monoisotopic (exact) mass is 283 g/mol. The molecule has 1 rings (SSSR count). The summed E-state index contributed by atoms with van der Waals surface area (Å²) < 4.78 is 18.8. The van der Waals surface area contributed by atoms with Crippen LogP contribution in [0.3, 0.4) is 0 Å². The fraction of sp³-hybridized carbons (Fsp3) is 0.533. The molecule has 1 aromatic carbocycles. The van der Waals surface area contributed by atoms with Gasteiger partial charge in [-0.15, -0.1) is 0 Å². The van der Waals surface area contributed by atoms with Gasteiger partial charge < -0.3 is 15.2 Å². The van der Waals surface area contributed by atoms with Crippen LogP contribution in [0.15, 0.2) is 18.2 Å². The summed E-state index contributed by atoms with van der Waals surface area (Å²) in [5, 5.41) is 12.1. The van der Waals surface area contributed by atoms with Gasteiger partial charge in [-0.1, -0.05) is 13.3 Å². The molecule has 0 spiro atoms. The Morgan fingerprint density at radius 3 is 2.70 bits per heavy atom. The number of carbonyl (C=O) groups is 1. The molecule has 0 radical (unpaired) electrons. The van der Waals surface area contributed by atoms with Gasteiger partial charge in [0.15, 0.2) is 6.61 Å². The maximum Gasteiger partial charge on any atom is 0.258 e. The van der Waals surface area contributed by atoms with E-state index in [4.69, 9.17) is 4.74 Å². The molecule has 4 nitrogen and oxygen atoms in total. The standard InChI is InChI=1S/C15H22FNO3/c1-4-5-10(2)17-15(19)9-20-12-6-7-13(11(3)18)14(16)8-12/h6-8,10-11,18H,4-5,9H2,1-3H3,(H,17,19). The van der Waals surface area contributed by atoms with Gasteiger partial charge in [-0.2, -0.15) is 0 Å². The summed E-state index contributed by atoms with van der Waals surface area (Å²) in [7, 11) is 0. The van der Waals surface area contributed by atoms with Crippen molar-refractivity contribution in [2.45, 2.75) is 45.8 Å². The summed E-state index contributed by atoms with van der Waals surface area (Å²) in [5.74, 6) is -0.506. The summed E-state index contributed by atoms with van der Waals surface area (Å²) in [6.07, 6.45) is 1.03. The van der Waals surface area contributed by atoms with Crippen LogP contribution in [0.25, 0.3) is 0 Å². The van der Waals surface area contributed by atoms with Gasteiger partial charge in [0.25, 0.3) is 5.91 Å². The molecule has 2 N–H and O–H groups in total. The van der Waals surface area contributed by atoms with Crippen molar-refractivity contribution in [1.29, 1.82) is 0 Å². The van der Waals surface area contributed by atoms with E-state index in [0.717, 1.165) is 12.8 Å². The smallest absolute Gasteiger partial charge is 0.258 e. The Labute approximate surface area is 119 Å². The van der Waals surface area contributed by atoms with Crippen molar-refractivity contribution in [2.75, 3.05) is 6.61 Å². The number of ether oxygens (including phenoxy) is 1. The van der Waals surface area contributed by atoms with Crippen LogP contribution in [-0.4, -0.2) is 23.7 Å². The number of hydrogen-bond acceptors (Lipinski definition) is 3. The maximum atomic E-state index is 13.6. The third-order valence-corrected chi connectivity index (χ3v) is 2.92. The van der Waals surface area contributed by atoms with Gasteiger partial charge in [0.1, 0.15) is 11.6 Å². The number of hydrogen-bond donors (Lipinski definition) is 2. The zero-order chi connectivity index (χ0) is 15.1. The molecule has 2 atom stereocenters. The number of halogens is 1. The number of benzene rings is 1. The minimum Gasteiger partial charge on any atom is -0.484 e. The van der Waals surface area contributed by atoms with E-state index in [-0.39, 0.29) is 29.9 Å². The Hall–Kier alpha value is -1.62. The van der Waals surface area contributed by atoms with Crippen molar-refractivity contribution in [1.82, 2.24) is 5.32 Å². The lowest BCUT2D eigenvalue weighted by atomic mass is 10.1. The number of aliphatic hydroxyl groups excluding tert-OH is 1. The van der Waals surface area contributed by atoms with Crippen LogP contribution >= 0.6 is 0 Å². The highest BCUT2D eigenvalue weighted by Crippen LogP contribution is 2.21. The third-order valence-electron chi connectivity index (χ3n) is 2.92. The number of nitrogens with one attached hydrogen (secondary N) is 1. The molecule has 0 aliphatic rings. The molecule has 0 saturated heterocycles. The van der Waals surface area contributed by atoms with E-state index < -0.39 is 11.9 Å². The van der Waals surface area contributed by atoms with Gasteiger partial charge >= 0.3 is 0 Å². The minimum absolute atomic E-state index is 0.102. The summed E-state index contributed by atoms with van der Waals surface area (Å²) in [4.78, 5) is 11.6. The Bertz CT molecular complexity index is 449. The van der Waals surface area contributed by atoms with Gasteiger partial charge in [0, 0.05) is 17.7 Å². The molecular weight excluding hydrogens is 261 g/mol. The van der Waals surface area contributed by atoms with Crippen molar-refractivity contribution in [3.8, 4) is 5.75 Å². The molecule has 20 heavy (non-hydrogen) atoms. The minimum atomic E-state index is -0.873. The molecule has 2 unspecified atom stereocenters. The number of rotatable bonds is 7. The van der Waals surface area contributed by atoms with Crippen molar-refractivity contribution in [3.63, 3.8) is 0 Å². The predicted molar refractivity (Wildman–Crippen MR) is 75.0 cm³/mol. The molecule has 0 bridgehead atoms. The van der Waals surface area contributed by atoms with Crippen LogP contribution < -0.4 is 10.1 Å². The lowest BCUT2D eigenvalue weighted by Crippen LogP contribution is -2.35. The van der Waals surface area contributed by atoms with Gasteiger partial charge in [-0.05, 0) is 32.4 Å². The molecule has 0 saturated carbocycles. The lowest BCUT2D eigenvalue weighted by molar-refractivity contribution is -0.123. The van der Waals surface area contributed by atoms with Crippen molar-refractivity contribution >= 4 is 5.91 Å². The van der Waals surface area contributed by atoms with Gasteiger partial charge in [-0.3, -0.25) is 4.79 Å². The zero-order valence-electron chi connectivity index (χ0n) is 12.1. The molecule has 0 heterocycles. The summed E-state index contributed by atoms with van der Waals surface area (Å²) >= 11 is 0. The first kappa shape index (κ1) is 16.4. The van der Waals surface area contributed by atoms with E-state index in [2.05, 4.69) is 5.32 Å². The molecule has 0 fully saturated rings. The maximum absolute atomic E-state index is 13.6. The molecule has 1 amide bonds. The molecule has 0 aliphatic heterocycles. The van der Waals surface area contributed by atoms with Crippen LogP contribution in [0, 0.1) is 5.82 Å². The van der Waals surface area contributed by atoms with Crippen molar-refractivity contribution < 1.29 is 19.0 Å². The highest BCUT2D eigenvalue weighted by molar-refractivity contribution is 5.77. The van der Waals surface area contributed by atoms with E-state index in [1.807, 2.05) is 13.8 Å². The van der Waals surface area contributed by atoms with Gasteiger partial charge in [-0.25, -0.2) is 4.39 Å². The normalized spacial score (nSPS) is 13.7. The molecule has 0 aliphatic carbocycles. The Morgan fingerprint density at radius 1 is 1.45 bits per heavy atom. The second-order valence-corrected chi connectivity index (χ2v) is 4.91. The predicted octanol–water partition coefficient (Wildman–Crippen LogP) is 2.56. The first-order chi connectivity index (χ1) is 9.43. The van der Waals surface area contributed by atoms with E-state index in [1.165, 1.54) is 25.1 Å². The van der Waals surface area contributed by atoms with Crippen LogP contribution in [-0.2, 0) is 4.79 Å². The number of carbonyl (C=O) groups excluding carboxylic acids is 1. The number of aliphatic hydroxyl groups is 1. The summed E-state index contributed by atoms with van der Waals surface area (Å²) in [6.45, 7) is 5.31. The van der Waals surface area contributed by atoms with Crippen LogP contribution in [0.4, 0.5) is 4.39 Å². The fourth-order valence-corrected chi connectivity index (χ4v) is 1.91. The van der Waals surface area contributed by atoms with E-state index in [1.54, 1.807) is 0 Å². The zero-order valence-corrected chi connectivity index (χ0v) is 12.1. The molecule has 5 heteroatoms. The topological polar surface area (TPSA) is 58.6 Å². The van der Waals surface area contributed by atoms with Crippen LogP contribution in [0.1, 0.15) is 45.3 Å². The van der Waals surface area contributed by atoms with Crippen LogP contribution in [0.5, 0.6) is 5.75 Å². The van der Waals surface area contributed by atoms with Gasteiger partial charge in [0.05, 0.1) is 6.10 Å². The Kier molecular flexibility index (Phi) is 6.45. The molecule has 112 valence electrons. The summed E-state index contributed by atoms with van der Waals surface area (Å²) in [5.41, 5.74) is 0.207. The van der Waals surface area contributed by atoms with E-state index >= 15 is 0 Å².